The number of carbonyl (C=O) groups excluding carboxylic acids is 1. The summed E-state index contributed by atoms with van der Waals surface area (Å²) in [5.74, 6) is 0.421. The fraction of sp³-hybridized carbons (Fsp3) is 0.429. The first-order chi connectivity index (χ1) is 13.8. The highest BCUT2D eigenvalue weighted by molar-refractivity contribution is 7.99. The van der Waals surface area contributed by atoms with Crippen molar-refractivity contribution >= 4 is 17.7 Å². The van der Waals surface area contributed by atoms with Crippen LogP contribution in [0.3, 0.4) is 0 Å². The van der Waals surface area contributed by atoms with E-state index < -0.39 is 11.7 Å². The summed E-state index contributed by atoms with van der Waals surface area (Å²) in [6.45, 7) is 4.37. The van der Waals surface area contributed by atoms with Crippen LogP contribution in [0.4, 0.5) is 13.2 Å². The maximum absolute atomic E-state index is 12.8. The quantitative estimate of drug-likeness (QED) is 0.792. The fourth-order valence-corrected chi connectivity index (χ4v) is 5.03. The van der Waals surface area contributed by atoms with Gasteiger partial charge >= 0.3 is 6.18 Å². The van der Waals surface area contributed by atoms with E-state index in [4.69, 9.17) is 0 Å². The zero-order valence-electron chi connectivity index (χ0n) is 15.9. The summed E-state index contributed by atoms with van der Waals surface area (Å²) >= 11 is 1.13. The van der Waals surface area contributed by atoms with Crippen LogP contribution in [0.25, 0.3) is 0 Å². The van der Waals surface area contributed by atoms with Crippen molar-refractivity contribution in [3.8, 4) is 0 Å². The highest BCUT2D eigenvalue weighted by Gasteiger charge is 2.40. The molecule has 2 aromatic rings. The van der Waals surface area contributed by atoms with Gasteiger partial charge in [0.25, 0.3) is 5.91 Å². The van der Waals surface area contributed by atoms with Gasteiger partial charge in [-0.25, -0.2) is 4.98 Å². The minimum Gasteiger partial charge on any atom is -0.347 e. The fourth-order valence-electron chi connectivity index (χ4n) is 4.22. The van der Waals surface area contributed by atoms with Crippen LogP contribution >= 0.6 is 11.8 Å². The number of alkyl halides is 3. The predicted molar refractivity (Wildman–Crippen MR) is 105 cm³/mol. The van der Waals surface area contributed by atoms with E-state index in [1.165, 1.54) is 0 Å². The summed E-state index contributed by atoms with van der Waals surface area (Å²) in [4.78, 5) is 19.8. The largest absolute Gasteiger partial charge is 0.416 e. The van der Waals surface area contributed by atoms with Crippen LogP contribution in [0.5, 0.6) is 0 Å². The molecule has 3 saturated heterocycles. The molecular formula is C21H22F3N3OS. The van der Waals surface area contributed by atoms with Crippen LogP contribution in [0.2, 0.25) is 0 Å². The summed E-state index contributed by atoms with van der Waals surface area (Å²) in [6.07, 6.45) is -1.00. The summed E-state index contributed by atoms with van der Waals surface area (Å²) in [6, 6.07) is 9.37. The van der Waals surface area contributed by atoms with Crippen molar-refractivity contribution in [2.24, 2.45) is 5.92 Å². The summed E-state index contributed by atoms with van der Waals surface area (Å²) in [7, 11) is 0. The second-order valence-corrected chi connectivity index (χ2v) is 8.71. The number of hydrogen-bond acceptors (Lipinski definition) is 4. The van der Waals surface area contributed by atoms with E-state index in [1.807, 2.05) is 0 Å². The lowest BCUT2D eigenvalue weighted by atomic mass is 9.79. The van der Waals surface area contributed by atoms with E-state index in [0.717, 1.165) is 60.9 Å². The number of fused-ring (bicyclic) bond motifs is 3. The van der Waals surface area contributed by atoms with Gasteiger partial charge in [0.15, 0.2) is 0 Å². The Morgan fingerprint density at radius 1 is 1.17 bits per heavy atom. The highest BCUT2D eigenvalue weighted by Crippen LogP contribution is 2.34. The first-order valence-corrected chi connectivity index (χ1v) is 10.5. The number of benzene rings is 1. The third kappa shape index (κ3) is 4.43. The van der Waals surface area contributed by atoms with Gasteiger partial charge in [-0.1, -0.05) is 11.8 Å². The Morgan fingerprint density at radius 2 is 1.86 bits per heavy atom. The molecule has 3 aliphatic rings. The van der Waals surface area contributed by atoms with E-state index in [1.54, 1.807) is 24.3 Å². The van der Waals surface area contributed by atoms with Crippen LogP contribution in [0, 0.1) is 5.92 Å². The molecular weight excluding hydrogens is 399 g/mol. The molecule has 3 fully saturated rings. The molecule has 1 amide bonds. The molecule has 1 aromatic heterocycles. The number of nitrogens with one attached hydrogen (secondary N) is 1. The lowest BCUT2D eigenvalue weighted by Crippen LogP contribution is -2.62. The number of pyridine rings is 1. The molecule has 4 nitrogen and oxygen atoms in total. The van der Waals surface area contributed by atoms with E-state index in [9.17, 15) is 18.0 Å². The zero-order chi connectivity index (χ0) is 20.6. The summed E-state index contributed by atoms with van der Waals surface area (Å²) in [5.41, 5.74) is -0.173. The Morgan fingerprint density at radius 3 is 2.48 bits per heavy atom. The molecule has 1 aromatic carbocycles. The number of piperidine rings is 3. The summed E-state index contributed by atoms with van der Waals surface area (Å²) < 4.78 is 38.5. The van der Waals surface area contributed by atoms with Gasteiger partial charge in [0, 0.05) is 28.7 Å². The third-order valence-corrected chi connectivity index (χ3v) is 6.82. The Balaban J connectivity index is 1.41. The maximum Gasteiger partial charge on any atom is 0.416 e. The Hall–Kier alpha value is -2.06. The number of halogens is 3. The van der Waals surface area contributed by atoms with E-state index in [2.05, 4.69) is 22.1 Å². The normalized spacial score (nSPS) is 26.3. The van der Waals surface area contributed by atoms with Gasteiger partial charge in [-0.15, -0.1) is 0 Å². The number of rotatable bonds is 4. The van der Waals surface area contributed by atoms with Crippen molar-refractivity contribution in [2.45, 2.75) is 47.9 Å². The van der Waals surface area contributed by atoms with Gasteiger partial charge in [0.1, 0.15) is 5.03 Å². The average molecular weight is 421 g/mol. The van der Waals surface area contributed by atoms with Crippen molar-refractivity contribution in [2.75, 3.05) is 13.1 Å². The van der Waals surface area contributed by atoms with Crippen LogP contribution < -0.4 is 5.32 Å². The van der Waals surface area contributed by atoms with E-state index >= 15 is 0 Å². The van der Waals surface area contributed by atoms with Gasteiger partial charge in [0.2, 0.25) is 0 Å². The smallest absolute Gasteiger partial charge is 0.347 e. The SMILES string of the molecule is C[C@H]1[C@H](NC(=O)c2ccc(Sc3cc(C(F)(F)F)ccn3)cc2)C2CCN1CC2. The number of carbonyl (C=O) groups is 1. The molecule has 3 aliphatic heterocycles. The number of amides is 1. The summed E-state index contributed by atoms with van der Waals surface area (Å²) in [5, 5.41) is 3.45. The van der Waals surface area contributed by atoms with Crippen molar-refractivity contribution < 1.29 is 18.0 Å². The molecule has 0 aliphatic carbocycles. The predicted octanol–water partition coefficient (Wildman–Crippen LogP) is 4.46. The van der Waals surface area contributed by atoms with Crippen molar-refractivity contribution in [1.82, 2.24) is 15.2 Å². The molecule has 2 bridgehead atoms. The van der Waals surface area contributed by atoms with Gasteiger partial charge in [-0.3, -0.25) is 9.69 Å². The lowest BCUT2D eigenvalue weighted by molar-refractivity contribution is -0.137. The molecule has 2 atom stereocenters. The minimum absolute atomic E-state index is 0.107. The molecule has 8 heteroatoms. The van der Waals surface area contributed by atoms with E-state index in [0.29, 0.717) is 17.5 Å². The Labute approximate surface area is 171 Å². The third-order valence-electron chi connectivity index (χ3n) is 5.88. The molecule has 0 unspecified atom stereocenters. The standard InChI is InChI=1S/C21H22F3N3OS/c1-13-19(14-7-10-27(13)11-8-14)26-20(28)15-2-4-17(5-3-15)29-18-12-16(6-9-25-18)21(22,23)24/h2-6,9,12-14,19H,7-8,10-11H2,1H3,(H,26,28)/t13-,19-/m0/s1. The number of nitrogens with zero attached hydrogens (tertiary/aromatic N) is 2. The van der Waals surface area contributed by atoms with Gasteiger partial charge in [-0.2, -0.15) is 13.2 Å². The minimum atomic E-state index is -4.40. The molecule has 1 N–H and O–H groups in total. The second-order valence-electron chi connectivity index (χ2n) is 7.62. The lowest BCUT2D eigenvalue weighted by Gasteiger charge is -2.49. The number of hydrogen-bond donors (Lipinski definition) is 1. The molecule has 5 rings (SSSR count). The molecule has 0 radical (unpaired) electrons. The highest BCUT2D eigenvalue weighted by atomic mass is 32.2. The molecule has 154 valence electrons. The number of aromatic nitrogens is 1. The molecule has 0 spiro atoms. The zero-order valence-corrected chi connectivity index (χ0v) is 16.8. The monoisotopic (exact) mass is 421 g/mol. The van der Waals surface area contributed by atoms with Crippen LogP contribution in [-0.4, -0.2) is 41.0 Å². The molecule has 4 heterocycles. The van der Waals surface area contributed by atoms with Crippen molar-refractivity contribution in [1.29, 1.82) is 0 Å². The average Bonchev–Trinajstić information content (AvgIpc) is 2.71. The van der Waals surface area contributed by atoms with Gasteiger partial charge < -0.3 is 5.32 Å². The first-order valence-electron chi connectivity index (χ1n) is 9.67. The van der Waals surface area contributed by atoms with Gasteiger partial charge in [0.05, 0.1) is 5.56 Å². The van der Waals surface area contributed by atoms with Gasteiger partial charge in [-0.05, 0) is 75.2 Å². The van der Waals surface area contributed by atoms with Crippen LogP contribution in [0.15, 0.2) is 52.5 Å². The molecule has 29 heavy (non-hydrogen) atoms. The second kappa shape index (κ2) is 7.99. The van der Waals surface area contributed by atoms with Crippen LogP contribution in [0.1, 0.15) is 35.7 Å². The van der Waals surface area contributed by atoms with Crippen molar-refractivity contribution in [3.05, 3.63) is 53.7 Å². The van der Waals surface area contributed by atoms with E-state index in [-0.39, 0.29) is 17.0 Å². The topological polar surface area (TPSA) is 45.2 Å². The molecule has 0 saturated carbocycles. The first kappa shape index (κ1) is 20.2. The maximum atomic E-state index is 12.8. The van der Waals surface area contributed by atoms with Crippen LogP contribution in [-0.2, 0) is 6.18 Å². The Bertz CT molecular complexity index is 877. The van der Waals surface area contributed by atoms with Crippen molar-refractivity contribution in [3.63, 3.8) is 0 Å². The Kier molecular flexibility index (Phi) is 5.57.